The quantitative estimate of drug-likeness (QED) is 0.741. The van der Waals surface area contributed by atoms with Gasteiger partial charge in [0.1, 0.15) is 5.75 Å². The Morgan fingerprint density at radius 1 is 1.03 bits per heavy atom. The van der Waals surface area contributed by atoms with Crippen LogP contribution in [0.4, 0.5) is 18.9 Å². The lowest BCUT2D eigenvalue weighted by Crippen LogP contribution is -2.32. The summed E-state index contributed by atoms with van der Waals surface area (Å²) in [7, 11) is -4.17. The zero-order chi connectivity index (χ0) is 21.4. The number of ether oxygens (including phenoxy) is 1. The maximum absolute atomic E-state index is 13.0. The Kier molecular flexibility index (Phi) is 5.67. The van der Waals surface area contributed by atoms with E-state index in [0.717, 1.165) is 61.9 Å². The van der Waals surface area contributed by atoms with Gasteiger partial charge in [-0.25, -0.2) is 8.42 Å². The summed E-state index contributed by atoms with van der Waals surface area (Å²) in [5.74, 6) is 1.50. The van der Waals surface area contributed by atoms with Gasteiger partial charge in [0.2, 0.25) is 0 Å². The molecule has 0 spiro atoms. The molecule has 5 nitrogen and oxygen atoms in total. The van der Waals surface area contributed by atoms with Crippen molar-refractivity contribution in [3.05, 3.63) is 53.6 Å². The van der Waals surface area contributed by atoms with Gasteiger partial charge in [-0.3, -0.25) is 4.72 Å². The largest absolute Gasteiger partial charge is 0.493 e. The first-order valence-corrected chi connectivity index (χ1v) is 11.4. The van der Waals surface area contributed by atoms with Crippen molar-refractivity contribution in [2.24, 2.45) is 5.92 Å². The molecular weight excluding hydrogens is 417 g/mol. The van der Waals surface area contributed by atoms with Gasteiger partial charge in [-0.05, 0) is 86.1 Å². The molecule has 1 fully saturated rings. The van der Waals surface area contributed by atoms with Gasteiger partial charge >= 0.3 is 6.18 Å². The zero-order valence-corrected chi connectivity index (χ0v) is 17.0. The average Bonchev–Trinajstić information content (AvgIpc) is 2.73. The number of benzene rings is 2. The lowest BCUT2D eigenvalue weighted by Gasteiger charge is -2.35. The van der Waals surface area contributed by atoms with Crippen LogP contribution >= 0.6 is 0 Å². The molecule has 30 heavy (non-hydrogen) atoms. The van der Waals surface area contributed by atoms with Crippen LogP contribution in [0.3, 0.4) is 0 Å². The summed E-state index contributed by atoms with van der Waals surface area (Å²) in [4.78, 5) is -0.429. The molecule has 0 aliphatic carbocycles. The highest BCUT2D eigenvalue weighted by Crippen LogP contribution is 2.42. The van der Waals surface area contributed by atoms with Crippen molar-refractivity contribution >= 4 is 15.7 Å². The fourth-order valence-electron chi connectivity index (χ4n) is 4.27. The molecule has 1 unspecified atom stereocenters. The van der Waals surface area contributed by atoms with E-state index < -0.39 is 26.7 Å². The van der Waals surface area contributed by atoms with Gasteiger partial charge in [-0.2, -0.15) is 13.2 Å². The molecule has 0 bridgehead atoms. The van der Waals surface area contributed by atoms with Crippen molar-refractivity contribution in [2.75, 3.05) is 24.4 Å². The maximum Gasteiger partial charge on any atom is 0.416 e. The van der Waals surface area contributed by atoms with Gasteiger partial charge < -0.3 is 10.1 Å². The smallest absolute Gasteiger partial charge is 0.416 e. The van der Waals surface area contributed by atoms with E-state index in [9.17, 15) is 21.6 Å². The van der Waals surface area contributed by atoms with Crippen molar-refractivity contribution in [3.8, 4) is 5.75 Å². The molecule has 0 aromatic heterocycles. The molecule has 162 valence electrons. The van der Waals surface area contributed by atoms with Crippen LogP contribution in [0.25, 0.3) is 0 Å². The molecule has 1 saturated heterocycles. The van der Waals surface area contributed by atoms with Crippen molar-refractivity contribution in [1.29, 1.82) is 0 Å². The summed E-state index contributed by atoms with van der Waals surface area (Å²) < 4.78 is 72.5. The number of sulfonamides is 1. The Labute approximate surface area is 173 Å². The lowest BCUT2D eigenvalue weighted by atomic mass is 9.77. The van der Waals surface area contributed by atoms with E-state index in [1.807, 2.05) is 0 Å². The summed E-state index contributed by atoms with van der Waals surface area (Å²) in [6.45, 7) is 2.54. The van der Waals surface area contributed by atoms with Crippen molar-refractivity contribution < 1.29 is 26.3 Å². The third-order valence-electron chi connectivity index (χ3n) is 5.77. The minimum Gasteiger partial charge on any atom is -0.493 e. The summed E-state index contributed by atoms with van der Waals surface area (Å²) in [5, 5.41) is 3.35. The highest BCUT2D eigenvalue weighted by molar-refractivity contribution is 7.92. The van der Waals surface area contributed by atoms with Gasteiger partial charge in [-0.1, -0.05) is 6.07 Å². The van der Waals surface area contributed by atoms with Crippen molar-refractivity contribution in [1.82, 2.24) is 5.32 Å². The Morgan fingerprint density at radius 3 is 2.53 bits per heavy atom. The molecule has 2 aliphatic rings. The number of anilines is 1. The number of hydrogen-bond donors (Lipinski definition) is 2. The second-order valence-corrected chi connectivity index (χ2v) is 9.40. The van der Waals surface area contributed by atoms with Crippen molar-refractivity contribution in [2.45, 2.75) is 36.3 Å². The number of fused-ring (bicyclic) bond motifs is 1. The summed E-state index contributed by atoms with van der Waals surface area (Å²) >= 11 is 0. The third-order valence-corrected chi connectivity index (χ3v) is 7.15. The van der Waals surface area contributed by atoms with Gasteiger partial charge in [0, 0.05) is 5.69 Å². The number of alkyl halides is 3. The van der Waals surface area contributed by atoms with Gasteiger partial charge in [0.15, 0.2) is 0 Å². The molecule has 4 rings (SSSR count). The van der Waals surface area contributed by atoms with E-state index in [-0.39, 0.29) is 5.92 Å². The van der Waals surface area contributed by atoms with Crippen LogP contribution in [0, 0.1) is 5.92 Å². The number of nitrogens with one attached hydrogen (secondary N) is 2. The van der Waals surface area contributed by atoms with E-state index in [4.69, 9.17) is 4.74 Å². The van der Waals surface area contributed by atoms with Crippen LogP contribution in [-0.4, -0.2) is 28.1 Å². The Hall–Kier alpha value is -2.26. The van der Waals surface area contributed by atoms with Crippen LogP contribution in [0.5, 0.6) is 5.75 Å². The van der Waals surface area contributed by atoms with Crippen LogP contribution < -0.4 is 14.8 Å². The minimum absolute atomic E-state index is 0.272. The summed E-state index contributed by atoms with van der Waals surface area (Å²) in [5.41, 5.74) is 0.267. The normalized spacial score (nSPS) is 20.3. The molecular formula is C21H23F3N2O3S. The molecule has 2 N–H and O–H groups in total. The predicted octanol–water partition coefficient (Wildman–Crippen LogP) is 4.37. The molecule has 0 radical (unpaired) electrons. The van der Waals surface area contributed by atoms with Crippen LogP contribution in [0.15, 0.2) is 47.4 Å². The minimum atomic E-state index is -4.61. The van der Waals surface area contributed by atoms with Crippen LogP contribution in [-0.2, 0) is 16.2 Å². The first kappa shape index (κ1) is 21.0. The molecule has 9 heteroatoms. The highest BCUT2D eigenvalue weighted by Gasteiger charge is 2.32. The van der Waals surface area contributed by atoms with Gasteiger partial charge in [-0.15, -0.1) is 0 Å². The topological polar surface area (TPSA) is 67.4 Å². The molecule has 2 aliphatic heterocycles. The Balaban J connectivity index is 1.61. The predicted molar refractivity (Wildman–Crippen MR) is 107 cm³/mol. The lowest BCUT2D eigenvalue weighted by molar-refractivity contribution is -0.137. The fraction of sp³-hybridized carbons (Fsp3) is 0.429. The maximum atomic E-state index is 13.0. The monoisotopic (exact) mass is 440 g/mol. The van der Waals surface area contributed by atoms with Crippen LogP contribution in [0.2, 0.25) is 0 Å². The molecule has 2 heterocycles. The van der Waals surface area contributed by atoms with Crippen LogP contribution in [0.1, 0.15) is 36.3 Å². The van der Waals surface area contributed by atoms with E-state index in [1.54, 1.807) is 18.2 Å². The van der Waals surface area contributed by atoms with E-state index >= 15 is 0 Å². The van der Waals surface area contributed by atoms with E-state index in [0.29, 0.717) is 24.3 Å². The second-order valence-electron chi connectivity index (χ2n) is 7.71. The number of rotatable bonds is 4. The summed E-state index contributed by atoms with van der Waals surface area (Å²) in [6, 6.07) is 8.79. The van der Waals surface area contributed by atoms with Crippen molar-refractivity contribution in [3.63, 3.8) is 0 Å². The third kappa shape index (κ3) is 4.41. The standard InChI is InChI=1S/C21H23F3N2O3S/c22-21(23,24)15-2-1-3-17(12-15)30(27,28)26-16-4-5-20-19(13-16)18(8-11-29-20)14-6-9-25-10-7-14/h1-5,12-14,18,25-26H,6-11H2. The molecule has 2 aromatic rings. The zero-order valence-electron chi connectivity index (χ0n) is 16.2. The Morgan fingerprint density at radius 2 is 1.80 bits per heavy atom. The second kappa shape index (κ2) is 8.11. The summed E-state index contributed by atoms with van der Waals surface area (Å²) in [6.07, 6.45) is -1.66. The first-order valence-electron chi connectivity index (χ1n) is 9.91. The molecule has 0 amide bonds. The SMILES string of the molecule is O=S(=O)(Nc1ccc2c(c1)C(C1CCNCC1)CCO2)c1cccc(C(F)(F)F)c1. The highest BCUT2D eigenvalue weighted by atomic mass is 32.2. The number of piperidine rings is 1. The van der Waals surface area contributed by atoms with E-state index in [2.05, 4.69) is 10.0 Å². The van der Waals surface area contributed by atoms with Gasteiger partial charge in [0.05, 0.1) is 17.1 Å². The number of hydrogen-bond acceptors (Lipinski definition) is 4. The molecule has 1 atom stereocenters. The Bertz CT molecular complexity index is 1020. The van der Waals surface area contributed by atoms with Gasteiger partial charge in [0.25, 0.3) is 10.0 Å². The molecule has 0 saturated carbocycles. The number of halogens is 3. The first-order chi connectivity index (χ1) is 14.2. The molecule has 2 aromatic carbocycles. The van der Waals surface area contributed by atoms with E-state index in [1.165, 1.54) is 0 Å². The average molecular weight is 440 g/mol. The fourth-order valence-corrected chi connectivity index (χ4v) is 5.37.